The van der Waals surface area contributed by atoms with Crippen LogP contribution in [0.2, 0.25) is 0 Å². The van der Waals surface area contributed by atoms with Crippen LogP contribution in [0.25, 0.3) is 22.6 Å². The van der Waals surface area contributed by atoms with Crippen molar-refractivity contribution in [3.63, 3.8) is 0 Å². The Hall–Kier alpha value is -3.76. The van der Waals surface area contributed by atoms with Crippen molar-refractivity contribution in [3.8, 4) is 29.0 Å². The zero-order valence-corrected chi connectivity index (χ0v) is 13.7. The van der Waals surface area contributed by atoms with E-state index < -0.39 is 0 Å². The van der Waals surface area contributed by atoms with Gasteiger partial charge in [-0.1, -0.05) is 18.7 Å². The Kier molecular flexibility index (Phi) is 4.12. The van der Waals surface area contributed by atoms with Crippen molar-refractivity contribution in [1.82, 2.24) is 4.57 Å². The fourth-order valence-corrected chi connectivity index (χ4v) is 2.81. The summed E-state index contributed by atoms with van der Waals surface area (Å²) in [6, 6.07) is 17.1. The van der Waals surface area contributed by atoms with E-state index in [0.717, 1.165) is 22.4 Å². The van der Waals surface area contributed by atoms with E-state index in [1.165, 1.54) is 0 Å². The largest absolute Gasteiger partial charge is 0.508 e. The minimum Gasteiger partial charge on any atom is -0.508 e. The quantitative estimate of drug-likeness (QED) is 0.708. The molecule has 0 aliphatic rings. The highest BCUT2D eigenvalue weighted by atomic mass is 16.3. The van der Waals surface area contributed by atoms with Gasteiger partial charge in [-0.05, 0) is 48.4 Å². The highest BCUT2D eigenvalue weighted by molar-refractivity contribution is 5.72. The van der Waals surface area contributed by atoms with Gasteiger partial charge in [-0.25, -0.2) is 0 Å². The first-order valence-corrected chi connectivity index (χ1v) is 7.65. The van der Waals surface area contributed by atoms with E-state index in [-0.39, 0.29) is 5.76 Å². The third-order valence-electron chi connectivity index (χ3n) is 4.07. The fourth-order valence-electron chi connectivity index (χ4n) is 2.81. The zero-order chi connectivity index (χ0) is 18.0. The summed E-state index contributed by atoms with van der Waals surface area (Å²) in [6.07, 6.45) is 3.63. The van der Waals surface area contributed by atoms with Crippen LogP contribution < -0.4 is 0 Å². The molecule has 0 bridgehead atoms. The van der Waals surface area contributed by atoms with E-state index in [9.17, 15) is 10.4 Å². The van der Waals surface area contributed by atoms with E-state index in [1.807, 2.05) is 35.9 Å². The Balaban J connectivity index is 2.10. The van der Waals surface area contributed by atoms with Gasteiger partial charge in [0.25, 0.3) is 0 Å². The standard InChI is InChI=1S/C21H15N3O/c1-14-8-19(6-7-20(14)15(2)25)24-12-18(11-23)21(13-24)17-5-3-4-16(9-17)10-22/h3-9,12-13,25H,2H2,1H3. The number of aromatic nitrogens is 1. The molecular weight excluding hydrogens is 310 g/mol. The number of hydrogen-bond donors (Lipinski definition) is 1. The van der Waals surface area contributed by atoms with Gasteiger partial charge in [0.2, 0.25) is 0 Å². The maximum absolute atomic E-state index is 9.58. The van der Waals surface area contributed by atoms with Crippen molar-refractivity contribution in [1.29, 1.82) is 10.5 Å². The molecule has 0 unspecified atom stereocenters. The predicted molar refractivity (Wildman–Crippen MR) is 97.0 cm³/mol. The molecule has 0 aliphatic heterocycles. The van der Waals surface area contributed by atoms with Crippen molar-refractivity contribution >= 4 is 5.76 Å². The van der Waals surface area contributed by atoms with Crippen LogP contribution in [0.5, 0.6) is 0 Å². The van der Waals surface area contributed by atoms with Gasteiger partial charge in [0, 0.05) is 29.2 Å². The van der Waals surface area contributed by atoms with E-state index in [1.54, 1.807) is 30.5 Å². The van der Waals surface area contributed by atoms with Crippen molar-refractivity contribution in [2.24, 2.45) is 0 Å². The molecule has 0 saturated carbocycles. The average molecular weight is 325 g/mol. The molecule has 0 amide bonds. The Morgan fingerprint density at radius 1 is 1.08 bits per heavy atom. The maximum Gasteiger partial charge on any atom is 0.115 e. The SMILES string of the molecule is C=C(O)c1ccc(-n2cc(C#N)c(-c3cccc(C#N)c3)c2)cc1C. The Labute approximate surface area is 146 Å². The molecule has 1 heterocycles. The molecule has 4 heteroatoms. The minimum absolute atomic E-state index is 0.0308. The van der Waals surface area contributed by atoms with E-state index in [2.05, 4.69) is 18.7 Å². The summed E-state index contributed by atoms with van der Waals surface area (Å²) in [7, 11) is 0. The molecule has 0 fully saturated rings. The summed E-state index contributed by atoms with van der Waals surface area (Å²) in [4.78, 5) is 0. The Bertz CT molecular complexity index is 1060. The van der Waals surface area contributed by atoms with Crippen LogP contribution in [0.1, 0.15) is 22.3 Å². The van der Waals surface area contributed by atoms with Gasteiger partial charge in [0.05, 0.1) is 17.2 Å². The molecule has 2 aromatic carbocycles. The lowest BCUT2D eigenvalue weighted by Crippen LogP contribution is -1.94. The maximum atomic E-state index is 9.58. The van der Waals surface area contributed by atoms with Crippen molar-refractivity contribution < 1.29 is 5.11 Å². The van der Waals surface area contributed by atoms with Gasteiger partial charge in [-0.15, -0.1) is 0 Å². The summed E-state index contributed by atoms with van der Waals surface area (Å²) in [5.41, 5.74) is 5.14. The molecule has 3 aromatic rings. The number of aliphatic hydroxyl groups is 1. The number of rotatable bonds is 3. The number of aliphatic hydroxyl groups excluding tert-OH is 1. The Morgan fingerprint density at radius 3 is 2.52 bits per heavy atom. The predicted octanol–water partition coefficient (Wildman–Crippen LogP) is 4.72. The normalized spacial score (nSPS) is 10.0. The lowest BCUT2D eigenvalue weighted by molar-refractivity contribution is 0.513. The second-order valence-corrected chi connectivity index (χ2v) is 5.74. The smallest absolute Gasteiger partial charge is 0.115 e. The number of hydrogen-bond acceptors (Lipinski definition) is 3. The van der Waals surface area contributed by atoms with Gasteiger partial charge < -0.3 is 9.67 Å². The summed E-state index contributed by atoms with van der Waals surface area (Å²) in [5.74, 6) is 0.0308. The van der Waals surface area contributed by atoms with Crippen LogP contribution in [0, 0.1) is 29.6 Å². The third-order valence-corrected chi connectivity index (χ3v) is 4.07. The molecule has 0 radical (unpaired) electrons. The third kappa shape index (κ3) is 3.02. The van der Waals surface area contributed by atoms with Crippen LogP contribution >= 0.6 is 0 Å². The van der Waals surface area contributed by atoms with Gasteiger partial charge in [-0.2, -0.15) is 10.5 Å². The van der Waals surface area contributed by atoms with Gasteiger partial charge in [0.1, 0.15) is 11.8 Å². The zero-order valence-electron chi connectivity index (χ0n) is 13.7. The second-order valence-electron chi connectivity index (χ2n) is 5.74. The van der Waals surface area contributed by atoms with Gasteiger partial charge >= 0.3 is 0 Å². The molecule has 0 saturated heterocycles. The van der Waals surface area contributed by atoms with Crippen molar-refractivity contribution in [3.05, 3.63) is 83.7 Å². The van der Waals surface area contributed by atoms with Gasteiger partial charge in [0.15, 0.2) is 0 Å². The average Bonchev–Trinajstić information content (AvgIpc) is 3.05. The Morgan fingerprint density at radius 2 is 1.88 bits per heavy atom. The minimum atomic E-state index is 0.0308. The molecule has 0 atom stereocenters. The molecule has 4 nitrogen and oxygen atoms in total. The lowest BCUT2D eigenvalue weighted by atomic mass is 10.0. The summed E-state index contributed by atoms with van der Waals surface area (Å²) >= 11 is 0. The molecule has 0 aliphatic carbocycles. The first kappa shape index (κ1) is 16.1. The summed E-state index contributed by atoms with van der Waals surface area (Å²) in [6.45, 7) is 5.45. The summed E-state index contributed by atoms with van der Waals surface area (Å²) in [5, 5.41) is 28.1. The highest BCUT2D eigenvalue weighted by Crippen LogP contribution is 2.28. The number of benzene rings is 2. The molecule has 0 spiro atoms. The number of nitriles is 2. The first-order chi connectivity index (χ1) is 12.0. The molecular formula is C21H15N3O. The highest BCUT2D eigenvalue weighted by Gasteiger charge is 2.11. The van der Waals surface area contributed by atoms with E-state index >= 15 is 0 Å². The molecule has 120 valence electrons. The van der Waals surface area contributed by atoms with Crippen LogP contribution in [0.15, 0.2) is 61.4 Å². The second kappa shape index (κ2) is 6.39. The first-order valence-electron chi connectivity index (χ1n) is 7.65. The molecule has 1 N–H and O–H groups in total. The van der Waals surface area contributed by atoms with Crippen molar-refractivity contribution in [2.45, 2.75) is 6.92 Å². The summed E-state index contributed by atoms with van der Waals surface area (Å²) < 4.78 is 1.86. The molecule has 25 heavy (non-hydrogen) atoms. The molecule has 1 aromatic heterocycles. The van der Waals surface area contributed by atoms with Gasteiger partial charge in [-0.3, -0.25) is 0 Å². The monoisotopic (exact) mass is 325 g/mol. The molecule has 3 rings (SSSR count). The van der Waals surface area contributed by atoms with Crippen LogP contribution in [-0.4, -0.2) is 9.67 Å². The lowest BCUT2D eigenvalue weighted by Gasteiger charge is -2.08. The van der Waals surface area contributed by atoms with E-state index in [0.29, 0.717) is 16.7 Å². The van der Waals surface area contributed by atoms with Crippen LogP contribution in [-0.2, 0) is 0 Å². The fraction of sp³-hybridized carbons (Fsp3) is 0.0476. The topological polar surface area (TPSA) is 72.7 Å². The van der Waals surface area contributed by atoms with Crippen molar-refractivity contribution in [2.75, 3.05) is 0 Å². The van der Waals surface area contributed by atoms with E-state index in [4.69, 9.17) is 5.26 Å². The number of aryl methyl sites for hydroxylation is 1. The number of nitrogens with zero attached hydrogens (tertiary/aromatic N) is 3. The van der Waals surface area contributed by atoms with Crippen LogP contribution in [0.4, 0.5) is 0 Å². The van der Waals surface area contributed by atoms with Crippen LogP contribution in [0.3, 0.4) is 0 Å².